The first-order chi connectivity index (χ1) is 11.2. The summed E-state index contributed by atoms with van der Waals surface area (Å²) in [5.74, 6) is 1.05. The topological polar surface area (TPSA) is 55.3 Å². The van der Waals surface area contributed by atoms with E-state index >= 15 is 0 Å². The molecule has 4 rings (SSSR count). The molecule has 0 N–H and O–H groups in total. The molecule has 0 saturated carbocycles. The van der Waals surface area contributed by atoms with E-state index in [4.69, 9.17) is 14.7 Å². The molecule has 1 aliphatic carbocycles. The summed E-state index contributed by atoms with van der Waals surface area (Å²) in [6.45, 7) is 5.05. The lowest BCUT2D eigenvalue weighted by atomic mass is 9.79. The molecule has 23 heavy (non-hydrogen) atoms. The zero-order valence-electron chi connectivity index (χ0n) is 13.9. The second-order valence-electron chi connectivity index (χ2n) is 7.41. The smallest absolute Gasteiger partial charge is 0.223 e. The Kier molecular flexibility index (Phi) is 3.84. The molecule has 3 heterocycles. The molecule has 5 nitrogen and oxygen atoms in total. The van der Waals surface area contributed by atoms with Crippen LogP contribution in [0.1, 0.15) is 54.9 Å². The third-order valence-corrected chi connectivity index (χ3v) is 5.70. The highest BCUT2D eigenvalue weighted by molar-refractivity contribution is 5.77. The Morgan fingerprint density at radius 1 is 1.17 bits per heavy atom. The fourth-order valence-corrected chi connectivity index (χ4v) is 4.30. The first-order valence-electron chi connectivity index (χ1n) is 8.86. The molecule has 1 spiro atoms. The van der Waals surface area contributed by atoms with Crippen molar-refractivity contribution in [1.82, 2.24) is 14.9 Å². The van der Waals surface area contributed by atoms with Crippen molar-refractivity contribution >= 4 is 5.91 Å². The highest BCUT2D eigenvalue weighted by atomic mass is 16.5. The third kappa shape index (κ3) is 2.87. The summed E-state index contributed by atoms with van der Waals surface area (Å²) in [6.07, 6.45) is 7.28. The number of carbonyl (C=O) groups excluding carboxylic acids is 1. The number of aromatic nitrogens is 2. The molecule has 0 aromatic carbocycles. The van der Waals surface area contributed by atoms with Gasteiger partial charge in [0.1, 0.15) is 5.82 Å². The van der Waals surface area contributed by atoms with Crippen LogP contribution in [-0.2, 0) is 28.9 Å². The van der Waals surface area contributed by atoms with Crippen molar-refractivity contribution in [3.8, 4) is 0 Å². The Hall–Kier alpha value is -1.49. The number of rotatable bonds is 2. The van der Waals surface area contributed by atoms with E-state index in [-0.39, 0.29) is 11.3 Å². The maximum Gasteiger partial charge on any atom is 0.223 e. The second kappa shape index (κ2) is 5.86. The van der Waals surface area contributed by atoms with Gasteiger partial charge in [-0.1, -0.05) is 0 Å². The molecule has 1 aromatic rings. The summed E-state index contributed by atoms with van der Waals surface area (Å²) in [5.41, 5.74) is 3.83. The van der Waals surface area contributed by atoms with E-state index in [1.165, 1.54) is 24.1 Å². The van der Waals surface area contributed by atoms with E-state index in [0.29, 0.717) is 13.0 Å². The van der Waals surface area contributed by atoms with Crippen LogP contribution in [0.25, 0.3) is 0 Å². The van der Waals surface area contributed by atoms with Crippen LogP contribution in [-0.4, -0.2) is 40.5 Å². The van der Waals surface area contributed by atoms with E-state index in [1.807, 2.05) is 4.90 Å². The lowest BCUT2D eigenvalue weighted by Gasteiger charge is -2.39. The summed E-state index contributed by atoms with van der Waals surface area (Å²) in [4.78, 5) is 23.8. The van der Waals surface area contributed by atoms with E-state index in [0.717, 1.165) is 57.0 Å². The average molecular weight is 315 g/mol. The predicted molar refractivity (Wildman–Crippen MR) is 85.9 cm³/mol. The lowest BCUT2D eigenvalue weighted by Crippen LogP contribution is -2.46. The Morgan fingerprint density at radius 2 is 2.04 bits per heavy atom. The lowest BCUT2D eigenvalue weighted by molar-refractivity contribution is -0.138. The molecule has 5 heteroatoms. The number of hydrogen-bond acceptors (Lipinski definition) is 4. The van der Waals surface area contributed by atoms with E-state index in [2.05, 4.69) is 6.92 Å². The number of fused-ring (bicyclic) bond motifs is 1. The van der Waals surface area contributed by atoms with Gasteiger partial charge in [-0.05, 0) is 51.0 Å². The molecule has 1 atom stereocenters. The van der Waals surface area contributed by atoms with E-state index < -0.39 is 0 Å². The summed E-state index contributed by atoms with van der Waals surface area (Å²) in [6, 6.07) is 0. The Bertz CT molecular complexity index is 623. The van der Waals surface area contributed by atoms with Crippen molar-refractivity contribution < 1.29 is 9.53 Å². The van der Waals surface area contributed by atoms with Crippen molar-refractivity contribution in [1.29, 1.82) is 0 Å². The summed E-state index contributed by atoms with van der Waals surface area (Å²) in [5, 5.41) is 0. The average Bonchev–Trinajstić information content (AvgIpc) is 3.00. The van der Waals surface area contributed by atoms with Gasteiger partial charge >= 0.3 is 0 Å². The summed E-state index contributed by atoms with van der Waals surface area (Å²) < 4.78 is 5.60. The van der Waals surface area contributed by atoms with Gasteiger partial charge in [-0.15, -0.1) is 0 Å². The van der Waals surface area contributed by atoms with E-state index in [9.17, 15) is 4.79 Å². The SMILES string of the molecule is Cc1nc(CN2C[C@@]3(CCOC3)CCC2=O)nc2c1CCCC2. The van der Waals surface area contributed by atoms with Gasteiger partial charge in [-0.25, -0.2) is 9.97 Å². The number of nitrogens with zero attached hydrogens (tertiary/aromatic N) is 3. The molecular formula is C18H25N3O2. The number of hydrogen-bond donors (Lipinski definition) is 0. The molecule has 2 saturated heterocycles. The monoisotopic (exact) mass is 315 g/mol. The van der Waals surface area contributed by atoms with Crippen molar-refractivity contribution in [3.05, 3.63) is 22.8 Å². The number of carbonyl (C=O) groups is 1. The summed E-state index contributed by atoms with van der Waals surface area (Å²) in [7, 11) is 0. The highest BCUT2D eigenvalue weighted by Crippen LogP contribution is 2.38. The maximum atomic E-state index is 12.3. The first-order valence-corrected chi connectivity index (χ1v) is 8.86. The zero-order chi connectivity index (χ0) is 15.9. The zero-order valence-corrected chi connectivity index (χ0v) is 13.9. The van der Waals surface area contributed by atoms with Crippen molar-refractivity contribution in [3.63, 3.8) is 0 Å². The minimum absolute atomic E-state index is 0.178. The van der Waals surface area contributed by atoms with Crippen molar-refractivity contribution in [2.45, 2.75) is 58.4 Å². The standard InChI is InChI=1S/C18H25N3O2/c1-13-14-4-2-3-5-15(14)20-16(19-13)10-21-11-18(7-6-17(21)22)8-9-23-12-18/h2-12H2,1H3/t18-/m0/s1. The number of piperidine rings is 1. The van der Waals surface area contributed by atoms with Gasteiger partial charge in [-0.3, -0.25) is 4.79 Å². The first kappa shape index (κ1) is 15.1. The van der Waals surface area contributed by atoms with Gasteiger partial charge in [0.25, 0.3) is 0 Å². The van der Waals surface area contributed by atoms with Gasteiger partial charge in [0.15, 0.2) is 0 Å². The van der Waals surface area contributed by atoms with Crippen LogP contribution in [0.2, 0.25) is 0 Å². The second-order valence-corrected chi connectivity index (χ2v) is 7.41. The molecule has 0 bridgehead atoms. The number of likely N-dealkylation sites (tertiary alicyclic amines) is 1. The molecule has 124 valence electrons. The fourth-order valence-electron chi connectivity index (χ4n) is 4.30. The van der Waals surface area contributed by atoms with Crippen LogP contribution >= 0.6 is 0 Å². The number of aryl methyl sites for hydroxylation is 2. The Morgan fingerprint density at radius 3 is 2.87 bits per heavy atom. The molecule has 0 radical (unpaired) electrons. The Labute approximate surface area is 137 Å². The minimum atomic E-state index is 0.178. The molecule has 1 aromatic heterocycles. The van der Waals surface area contributed by atoms with Crippen LogP contribution < -0.4 is 0 Å². The third-order valence-electron chi connectivity index (χ3n) is 5.70. The molecule has 1 amide bonds. The van der Waals surface area contributed by atoms with Gasteiger partial charge in [0.2, 0.25) is 5.91 Å². The van der Waals surface area contributed by atoms with Crippen molar-refractivity contribution in [2.24, 2.45) is 5.41 Å². The Balaban J connectivity index is 1.54. The van der Waals surface area contributed by atoms with Crippen molar-refractivity contribution in [2.75, 3.05) is 19.8 Å². The van der Waals surface area contributed by atoms with E-state index in [1.54, 1.807) is 0 Å². The molecule has 3 aliphatic rings. The van der Waals surface area contributed by atoms with Gasteiger partial charge in [-0.2, -0.15) is 0 Å². The number of ether oxygens (including phenoxy) is 1. The van der Waals surface area contributed by atoms with Crippen LogP contribution in [0.5, 0.6) is 0 Å². The predicted octanol–water partition coefficient (Wildman–Crippen LogP) is 2.19. The fraction of sp³-hybridized carbons (Fsp3) is 0.722. The van der Waals surface area contributed by atoms with Crippen LogP contribution in [0.15, 0.2) is 0 Å². The van der Waals surface area contributed by atoms with Crippen LogP contribution in [0.4, 0.5) is 0 Å². The molecule has 2 fully saturated rings. The van der Waals surface area contributed by atoms with Gasteiger partial charge < -0.3 is 9.64 Å². The molecule has 0 unspecified atom stereocenters. The minimum Gasteiger partial charge on any atom is -0.381 e. The number of amides is 1. The van der Waals surface area contributed by atoms with Gasteiger partial charge in [0, 0.05) is 36.4 Å². The maximum absolute atomic E-state index is 12.3. The molecular weight excluding hydrogens is 290 g/mol. The van der Waals surface area contributed by atoms with Crippen LogP contribution in [0.3, 0.4) is 0 Å². The summed E-state index contributed by atoms with van der Waals surface area (Å²) >= 11 is 0. The van der Waals surface area contributed by atoms with Gasteiger partial charge in [0.05, 0.1) is 13.2 Å². The largest absolute Gasteiger partial charge is 0.381 e. The normalized spacial score (nSPS) is 27.5. The highest BCUT2D eigenvalue weighted by Gasteiger charge is 2.41. The quantitative estimate of drug-likeness (QED) is 0.839. The van der Waals surface area contributed by atoms with Crippen LogP contribution in [0, 0.1) is 12.3 Å². The molecule has 2 aliphatic heterocycles.